The molecule has 0 saturated carbocycles. The Hall–Kier alpha value is -4.53. The van der Waals surface area contributed by atoms with Crippen LogP contribution >= 0.6 is 0 Å². The van der Waals surface area contributed by atoms with Crippen LogP contribution in [0.15, 0.2) is 60.8 Å². The van der Waals surface area contributed by atoms with E-state index in [0.717, 1.165) is 36.6 Å². The molecule has 1 amide bonds. The molecule has 0 aliphatic carbocycles. The zero-order chi connectivity index (χ0) is 27.1. The van der Waals surface area contributed by atoms with Crippen LogP contribution in [0.4, 0.5) is 10.1 Å². The molecule has 4 aromatic rings. The van der Waals surface area contributed by atoms with Gasteiger partial charge in [-0.1, -0.05) is 19.8 Å². The van der Waals surface area contributed by atoms with Gasteiger partial charge in [-0.2, -0.15) is 0 Å². The second-order valence-corrected chi connectivity index (χ2v) is 8.60. The molecule has 9 heteroatoms. The van der Waals surface area contributed by atoms with Crippen LogP contribution in [0.3, 0.4) is 0 Å². The normalized spacial score (nSPS) is 10.7. The smallest absolute Gasteiger partial charge is 0.308 e. The van der Waals surface area contributed by atoms with Crippen LogP contribution in [0.25, 0.3) is 10.9 Å². The first-order valence-electron chi connectivity index (χ1n) is 12.3. The van der Waals surface area contributed by atoms with E-state index in [1.54, 1.807) is 24.3 Å². The Morgan fingerprint density at radius 2 is 1.82 bits per heavy atom. The van der Waals surface area contributed by atoms with E-state index in [1.807, 2.05) is 12.1 Å². The number of ether oxygens (including phenoxy) is 3. The summed E-state index contributed by atoms with van der Waals surface area (Å²) in [4.78, 5) is 33.4. The summed E-state index contributed by atoms with van der Waals surface area (Å²) in [5.74, 6) is -0.452. The Balaban J connectivity index is 1.66. The standard InChI is InChI=1S/C29H28FN3O5/c1-4-5-6-7-19-16-26(38-22-11-8-20(30)9-12-22)33-24-13-10-21(17-23(19)24)32-29(35)27-28(37-18(2)34)25(36-3)14-15-31-27/h8-17H,4-7H2,1-3H3,(H,32,35). The van der Waals surface area contributed by atoms with Crippen LogP contribution in [0.1, 0.15) is 49.2 Å². The van der Waals surface area contributed by atoms with Gasteiger partial charge in [-0.3, -0.25) is 9.59 Å². The van der Waals surface area contributed by atoms with Crippen molar-refractivity contribution in [3.05, 3.63) is 77.9 Å². The first-order valence-corrected chi connectivity index (χ1v) is 12.3. The molecule has 0 bridgehead atoms. The van der Waals surface area contributed by atoms with E-state index in [2.05, 4.69) is 22.2 Å². The number of aryl methyl sites for hydroxylation is 1. The molecule has 0 aliphatic rings. The van der Waals surface area contributed by atoms with Crippen molar-refractivity contribution in [3.8, 4) is 23.1 Å². The first-order chi connectivity index (χ1) is 18.4. The predicted octanol–water partition coefficient (Wildman–Crippen LogP) is 6.48. The minimum absolute atomic E-state index is 0.0507. The summed E-state index contributed by atoms with van der Waals surface area (Å²) in [5.41, 5.74) is 2.14. The number of fused-ring (bicyclic) bond motifs is 1. The molecule has 8 nitrogen and oxygen atoms in total. The van der Waals surface area contributed by atoms with Gasteiger partial charge in [-0.25, -0.2) is 14.4 Å². The van der Waals surface area contributed by atoms with Gasteiger partial charge in [0.25, 0.3) is 5.91 Å². The maximum Gasteiger partial charge on any atom is 0.308 e. The number of hydrogen-bond acceptors (Lipinski definition) is 7. The lowest BCUT2D eigenvalue weighted by atomic mass is 10.0. The molecule has 0 spiro atoms. The van der Waals surface area contributed by atoms with Gasteiger partial charge in [0, 0.05) is 36.3 Å². The van der Waals surface area contributed by atoms with Gasteiger partial charge in [0.2, 0.25) is 11.6 Å². The zero-order valence-electron chi connectivity index (χ0n) is 21.4. The Morgan fingerprint density at radius 1 is 1.03 bits per heavy atom. The number of pyridine rings is 2. The fourth-order valence-electron chi connectivity index (χ4n) is 3.98. The van der Waals surface area contributed by atoms with E-state index in [9.17, 15) is 14.0 Å². The van der Waals surface area contributed by atoms with Crippen LogP contribution in [-0.4, -0.2) is 29.0 Å². The number of carbonyl (C=O) groups excluding carboxylic acids is 2. The molecule has 2 aromatic heterocycles. The molecule has 0 unspecified atom stereocenters. The third-order valence-electron chi connectivity index (χ3n) is 5.76. The third-order valence-corrected chi connectivity index (χ3v) is 5.76. The third kappa shape index (κ3) is 6.42. The summed E-state index contributed by atoms with van der Waals surface area (Å²) in [6.07, 6.45) is 5.30. The molecule has 0 saturated heterocycles. The average molecular weight is 518 g/mol. The van der Waals surface area contributed by atoms with Crippen molar-refractivity contribution in [1.82, 2.24) is 9.97 Å². The summed E-state index contributed by atoms with van der Waals surface area (Å²) in [5, 5.41) is 3.69. The van der Waals surface area contributed by atoms with Gasteiger partial charge in [0.05, 0.1) is 12.6 Å². The number of esters is 1. The van der Waals surface area contributed by atoms with Gasteiger partial charge in [-0.15, -0.1) is 0 Å². The molecule has 0 aliphatic heterocycles. The summed E-state index contributed by atoms with van der Waals surface area (Å²) in [7, 11) is 1.41. The Morgan fingerprint density at radius 3 is 2.53 bits per heavy atom. The molecular formula is C29H28FN3O5. The van der Waals surface area contributed by atoms with Gasteiger partial charge in [-0.05, 0) is 60.9 Å². The molecule has 38 heavy (non-hydrogen) atoms. The van der Waals surface area contributed by atoms with E-state index in [1.165, 1.54) is 38.4 Å². The van der Waals surface area contributed by atoms with Gasteiger partial charge in [0.15, 0.2) is 11.4 Å². The predicted molar refractivity (Wildman–Crippen MR) is 141 cm³/mol. The topological polar surface area (TPSA) is 99.6 Å². The fourth-order valence-corrected chi connectivity index (χ4v) is 3.98. The SMILES string of the molecule is CCCCCc1cc(Oc2ccc(F)cc2)nc2ccc(NC(=O)c3nccc(OC)c3OC(C)=O)cc12. The monoisotopic (exact) mass is 517 g/mol. The van der Waals surface area contributed by atoms with Crippen molar-refractivity contribution in [2.24, 2.45) is 0 Å². The molecule has 2 aromatic carbocycles. The van der Waals surface area contributed by atoms with E-state index < -0.39 is 11.9 Å². The first kappa shape index (κ1) is 26.5. The van der Waals surface area contributed by atoms with Crippen LogP contribution in [0.5, 0.6) is 23.1 Å². The number of methoxy groups -OCH3 is 1. The second-order valence-electron chi connectivity index (χ2n) is 8.60. The van der Waals surface area contributed by atoms with Crippen LogP contribution < -0.4 is 19.5 Å². The highest BCUT2D eigenvalue weighted by molar-refractivity contribution is 6.06. The van der Waals surface area contributed by atoms with E-state index in [-0.39, 0.29) is 23.0 Å². The number of halogens is 1. The average Bonchev–Trinajstić information content (AvgIpc) is 2.90. The molecule has 0 radical (unpaired) electrons. The van der Waals surface area contributed by atoms with E-state index in [0.29, 0.717) is 22.8 Å². The molecule has 196 valence electrons. The summed E-state index contributed by atoms with van der Waals surface area (Å²) < 4.78 is 29.6. The highest BCUT2D eigenvalue weighted by Crippen LogP contribution is 2.32. The van der Waals surface area contributed by atoms with Crippen molar-refractivity contribution in [2.45, 2.75) is 39.5 Å². The van der Waals surface area contributed by atoms with Crippen LogP contribution in [-0.2, 0) is 11.2 Å². The van der Waals surface area contributed by atoms with Gasteiger partial charge < -0.3 is 19.5 Å². The Bertz CT molecular complexity index is 1460. The lowest BCUT2D eigenvalue weighted by Gasteiger charge is -2.14. The number of carbonyl (C=O) groups is 2. The van der Waals surface area contributed by atoms with Crippen molar-refractivity contribution in [3.63, 3.8) is 0 Å². The molecule has 4 rings (SSSR count). The second kappa shape index (κ2) is 12.1. The number of amides is 1. The van der Waals surface area contributed by atoms with E-state index >= 15 is 0 Å². The van der Waals surface area contributed by atoms with Crippen LogP contribution in [0.2, 0.25) is 0 Å². The molecule has 1 N–H and O–H groups in total. The number of benzene rings is 2. The molecule has 0 atom stereocenters. The number of hydrogen-bond donors (Lipinski definition) is 1. The largest absolute Gasteiger partial charge is 0.493 e. The summed E-state index contributed by atoms with van der Waals surface area (Å²) >= 11 is 0. The molecule has 2 heterocycles. The number of anilines is 1. The van der Waals surface area contributed by atoms with E-state index in [4.69, 9.17) is 14.2 Å². The van der Waals surface area contributed by atoms with Gasteiger partial charge >= 0.3 is 5.97 Å². The van der Waals surface area contributed by atoms with Crippen LogP contribution in [0, 0.1) is 5.82 Å². The number of nitrogens with zero attached hydrogens (tertiary/aromatic N) is 2. The van der Waals surface area contributed by atoms with Crippen molar-refractivity contribution < 1.29 is 28.2 Å². The molecular weight excluding hydrogens is 489 g/mol. The lowest BCUT2D eigenvalue weighted by molar-refractivity contribution is -0.132. The van der Waals surface area contributed by atoms with Crippen molar-refractivity contribution in [2.75, 3.05) is 12.4 Å². The Labute approximate surface area is 219 Å². The highest BCUT2D eigenvalue weighted by atomic mass is 19.1. The minimum atomic E-state index is -0.600. The quantitative estimate of drug-likeness (QED) is 0.190. The highest BCUT2D eigenvalue weighted by Gasteiger charge is 2.21. The maximum absolute atomic E-state index is 13.3. The number of aromatic nitrogens is 2. The number of unbranched alkanes of at least 4 members (excludes halogenated alkanes) is 2. The molecule has 0 fully saturated rings. The minimum Gasteiger partial charge on any atom is -0.493 e. The summed E-state index contributed by atoms with van der Waals surface area (Å²) in [6.45, 7) is 3.37. The van der Waals surface area contributed by atoms with Crippen molar-refractivity contribution >= 4 is 28.5 Å². The zero-order valence-corrected chi connectivity index (χ0v) is 21.4. The fraction of sp³-hybridized carbons (Fsp3) is 0.241. The maximum atomic E-state index is 13.3. The van der Waals surface area contributed by atoms with Gasteiger partial charge in [0.1, 0.15) is 11.6 Å². The Kier molecular flexibility index (Phi) is 8.47. The van der Waals surface area contributed by atoms with Crippen molar-refractivity contribution in [1.29, 1.82) is 0 Å². The number of nitrogens with one attached hydrogen (secondary N) is 1. The lowest BCUT2D eigenvalue weighted by Crippen LogP contribution is -2.17. The number of rotatable bonds is 10. The summed E-state index contributed by atoms with van der Waals surface area (Å²) in [6, 6.07) is 14.5.